The predicted octanol–water partition coefficient (Wildman–Crippen LogP) is 2.45. The Morgan fingerprint density at radius 1 is 1.59 bits per heavy atom. The van der Waals surface area contributed by atoms with Crippen LogP contribution in [0.3, 0.4) is 0 Å². The van der Waals surface area contributed by atoms with Crippen LogP contribution >= 0.6 is 22.6 Å². The Labute approximate surface area is 111 Å². The van der Waals surface area contributed by atoms with Crippen LogP contribution in [0.1, 0.15) is 13.8 Å². The number of nitrogens with zero attached hydrogens (tertiary/aromatic N) is 1. The minimum Gasteiger partial charge on any atom is -0.485 e. The minimum absolute atomic E-state index is 0.0634. The van der Waals surface area contributed by atoms with Crippen molar-refractivity contribution in [1.29, 1.82) is 0 Å². The molecule has 1 aromatic rings. The first kappa shape index (κ1) is 14.1. The number of nitro benzene ring substituents is 1. The molecule has 0 fully saturated rings. The van der Waals surface area contributed by atoms with E-state index in [0.717, 1.165) is 12.1 Å². The first-order chi connectivity index (χ1) is 7.70. The highest BCUT2D eigenvalue weighted by atomic mass is 127. The van der Waals surface area contributed by atoms with Crippen LogP contribution in [0.4, 0.5) is 10.1 Å². The van der Waals surface area contributed by atoms with E-state index < -0.39 is 16.3 Å². The molecule has 0 aliphatic carbocycles. The first-order valence-electron chi connectivity index (χ1n) is 4.76. The molecule has 0 saturated carbocycles. The highest BCUT2D eigenvalue weighted by Gasteiger charge is 2.21. The van der Waals surface area contributed by atoms with Crippen molar-refractivity contribution in [1.82, 2.24) is 0 Å². The van der Waals surface area contributed by atoms with Gasteiger partial charge in [0.25, 0.3) is 0 Å². The zero-order valence-electron chi connectivity index (χ0n) is 9.37. The predicted molar refractivity (Wildman–Crippen MR) is 69.5 cm³/mol. The van der Waals surface area contributed by atoms with E-state index in [4.69, 9.17) is 10.5 Å². The van der Waals surface area contributed by atoms with Crippen LogP contribution in [0.15, 0.2) is 12.1 Å². The fraction of sp³-hybridized carbons (Fsp3) is 0.400. The van der Waals surface area contributed by atoms with Gasteiger partial charge in [0, 0.05) is 17.7 Å². The van der Waals surface area contributed by atoms with Gasteiger partial charge in [-0.15, -0.1) is 0 Å². The van der Waals surface area contributed by atoms with Gasteiger partial charge in [-0.25, -0.2) is 4.39 Å². The maximum absolute atomic E-state index is 13.3. The smallest absolute Gasteiger partial charge is 0.312 e. The van der Waals surface area contributed by atoms with E-state index in [9.17, 15) is 14.5 Å². The first-order valence-corrected chi connectivity index (χ1v) is 5.84. The summed E-state index contributed by atoms with van der Waals surface area (Å²) in [6.45, 7) is 3.48. The second-order valence-corrected chi connectivity index (χ2v) is 5.43. The van der Waals surface area contributed by atoms with Crippen molar-refractivity contribution in [3.05, 3.63) is 31.6 Å². The van der Waals surface area contributed by atoms with Crippen molar-refractivity contribution in [2.75, 3.05) is 6.61 Å². The molecule has 0 spiro atoms. The lowest BCUT2D eigenvalue weighted by Gasteiger charge is -2.18. The summed E-state index contributed by atoms with van der Waals surface area (Å²) in [5, 5.41) is 10.8. The van der Waals surface area contributed by atoms with E-state index in [1.807, 2.05) is 0 Å². The van der Waals surface area contributed by atoms with E-state index in [2.05, 4.69) is 0 Å². The number of ether oxygens (including phenoxy) is 1. The van der Waals surface area contributed by atoms with Crippen molar-refractivity contribution < 1.29 is 14.1 Å². The fourth-order valence-electron chi connectivity index (χ4n) is 1.04. The van der Waals surface area contributed by atoms with Gasteiger partial charge in [-0.05, 0) is 36.4 Å². The fourth-order valence-corrected chi connectivity index (χ4v) is 1.49. The Morgan fingerprint density at radius 2 is 2.18 bits per heavy atom. The summed E-state index contributed by atoms with van der Waals surface area (Å²) in [4.78, 5) is 10.2. The highest BCUT2D eigenvalue weighted by molar-refractivity contribution is 14.1. The molecule has 0 saturated heterocycles. The molecule has 0 amide bonds. The van der Waals surface area contributed by atoms with Gasteiger partial charge in [0.1, 0.15) is 12.4 Å². The summed E-state index contributed by atoms with van der Waals surface area (Å²) in [7, 11) is 0. The molecule has 7 heteroatoms. The standard InChI is InChI=1S/C10H12FIN2O3/c1-10(2,13)5-17-9-3-6(11)7(12)4-8(9)14(15)16/h3-4H,5,13H2,1-2H3. The Balaban J connectivity index is 3.05. The molecule has 5 nitrogen and oxygen atoms in total. The van der Waals surface area contributed by atoms with Gasteiger partial charge in [0.2, 0.25) is 0 Å². The molecule has 2 N–H and O–H groups in total. The molecule has 1 rings (SSSR count). The largest absolute Gasteiger partial charge is 0.485 e. The van der Waals surface area contributed by atoms with Gasteiger partial charge in [-0.3, -0.25) is 10.1 Å². The molecular formula is C10H12FIN2O3. The Kier molecular flexibility index (Phi) is 4.26. The van der Waals surface area contributed by atoms with E-state index in [-0.39, 0.29) is 21.6 Å². The maximum atomic E-state index is 13.3. The Bertz CT molecular complexity index is 446. The molecule has 0 aliphatic rings. The minimum atomic E-state index is -0.645. The van der Waals surface area contributed by atoms with E-state index in [1.54, 1.807) is 36.4 Å². The van der Waals surface area contributed by atoms with E-state index in [0.29, 0.717) is 0 Å². The van der Waals surface area contributed by atoms with Crippen LogP contribution in [-0.2, 0) is 0 Å². The highest BCUT2D eigenvalue weighted by Crippen LogP contribution is 2.31. The van der Waals surface area contributed by atoms with E-state index in [1.165, 1.54) is 0 Å². The third kappa shape index (κ3) is 4.08. The SMILES string of the molecule is CC(C)(N)COc1cc(F)c(I)cc1[N+](=O)[O-]. The molecule has 17 heavy (non-hydrogen) atoms. The lowest BCUT2D eigenvalue weighted by Crippen LogP contribution is -2.38. The third-order valence-corrected chi connectivity index (χ3v) is 2.62. The monoisotopic (exact) mass is 354 g/mol. The molecule has 0 unspecified atom stereocenters. The van der Waals surface area contributed by atoms with Crippen molar-refractivity contribution in [2.24, 2.45) is 5.73 Å². The molecule has 0 aromatic heterocycles. The number of benzene rings is 1. The Hall–Kier alpha value is -0.960. The topological polar surface area (TPSA) is 78.4 Å². The van der Waals surface area contributed by atoms with Crippen molar-refractivity contribution in [3.8, 4) is 5.75 Å². The van der Waals surface area contributed by atoms with E-state index >= 15 is 0 Å². The van der Waals surface area contributed by atoms with Gasteiger partial charge in [0.05, 0.1) is 8.49 Å². The second kappa shape index (κ2) is 5.13. The summed E-state index contributed by atoms with van der Waals surface area (Å²) < 4.78 is 18.7. The third-order valence-electron chi connectivity index (χ3n) is 1.80. The van der Waals surface area contributed by atoms with Gasteiger partial charge >= 0.3 is 5.69 Å². The average Bonchev–Trinajstić information content (AvgIpc) is 2.17. The summed E-state index contributed by atoms with van der Waals surface area (Å²) >= 11 is 1.68. The zero-order chi connectivity index (χ0) is 13.2. The number of nitro groups is 1. The number of hydrogen-bond acceptors (Lipinski definition) is 4. The van der Waals surface area contributed by atoms with Crippen LogP contribution in [0, 0.1) is 19.5 Å². The summed E-state index contributed by atoms with van der Waals surface area (Å²) in [6.07, 6.45) is 0. The second-order valence-electron chi connectivity index (χ2n) is 4.27. The molecule has 0 aliphatic heterocycles. The average molecular weight is 354 g/mol. The Morgan fingerprint density at radius 3 is 2.65 bits per heavy atom. The summed E-state index contributed by atoms with van der Waals surface area (Å²) in [5.74, 6) is -0.660. The van der Waals surface area contributed by atoms with Gasteiger partial charge in [-0.2, -0.15) is 0 Å². The maximum Gasteiger partial charge on any atom is 0.312 e. The zero-order valence-corrected chi connectivity index (χ0v) is 11.5. The van der Waals surface area contributed by atoms with Crippen LogP contribution < -0.4 is 10.5 Å². The normalized spacial score (nSPS) is 11.4. The van der Waals surface area contributed by atoms with Crippen LogP contribution in [0.25, 0.3) is 0 Å². The van der Waals surface area contributed by atoms with Crippen molar-refractivity contribution in [2.45, 2.75) is 19.4 Å². The molecular weight excluding hydrogens is 342 g/mol. The number of hydrogen-bond donors (Lipinski definition) is 1. The number of nitrogens with two attached hydrogens (primary N) is 1. The van der Waals surface area contributed by atoms with Gasteiger partial charge in [0.15, 0.2) is 5.75 Å². The molecule has 0 bridgehead atoms. The van der Waals surface area contributed by atoms with Crippen LogP contribution in [-0.4, -0.2) is 17.1 Å². The van der Waals surface area contributed by atoms with Crippen LogP contribution in [0.5, 0.6) is 5.75 Å². The number of rotatable bonds is 4. The summed E-state index contributed by atoms with van der Waals surface area (Å²) in [5.41, 5.74) is 4.78. The van der Waals surface area contributed by atoms with Crippen LogP contribution in [0.2, 0.25) is 0 Å². The quantitative estimate of drug-likeness (QED) is 0.512. The molecule has 0 atom stereocenters. The van der Waals surface area contributed by atoms with Gasteiger partial charge < -0.3 is 10.5 Å². The van der Waals surface area contributed by atoms with Crippen molar-refractivity contribution in [3.63, 3.8) is 0 Å². The van der Waals surface area contributed by atoms with Crippen molar-refractivity contribution >= 4 is 28.3 Å². The molecule has 0 radical (unpaired) electrons. The molecule has 0 heterocycles. The lowest BCUT2D eigenvalue weighted by atomic mass is 10.1. The number of halogens is 2. The summed E-state index contributed by atoms with van der Waals surface area (Å²) in [6, 6.07) is 2.14. The van der Waals surface area contributed by atoms with Gasteiger partial charge in [-0.1, -0.05) is 0 Å². The molecule has 94 valence electrons. The lowest BCUT2D eigenvalue weighted by molar-refractivity contribution is -0.386. The molecule has 1 aromatic carbocycles.